The van der Waals surface area contributed by atoms with Gasteiger partial charge in [0.25, 0.3) is 0 Å². The molecule has 0 amide bonds. The van der Waals surface area contributed by atoms with E-state index in [9.17, 15) is 5.11 Å². The van der Waals surface area contributed by atoms with E-state index in [2.05, 4.69) is 64.5 Å². The molecule has 0 saturated carbocycles. The van der Waals surface area contributed by atoms with Crippen LogP contribution in [0.2, 0.25) is 0 Å². The van der Waals surface area contributed by atoms with Crippen molar-refractivity contribution in [3.63, 3.8) is 0 Å². The molecule has 0 aliphatic carbocycles. The van der Waals surface area contributed by atoms with E-state index in [0.717, 1.165) is 22.8 Å². The molecule has 7 heteroatoms. The Bertz CT molecular complexity index is 1260. The number of aromatic nitrogens is 5. The van der Waals surface area contributed by atoms with E-state index in [1.54, 1.807) is 6.33 Å². The molecule has 2 N–H and O–H groups in total. The van der Waals surface area contributed by atoms with Crippen molar-refractivity contribution in [2.45, 2.75) is 47.3 Å². The van der Waals surface area contributed by atoms with Gasteiger partial charge in [-0.25, -0.2) is 9.97 Å². The van der Waals surface area contributed by atoms with Gasteiger partial charge in [-0.05, 0) is 75.1 Å². The first-order valence-electron chi connectivity index (χ1n) is 10.7. The normalized spacial score (nSPS) is 12.1. The van der Waals surface area contributed by atoms with Crippen LogP contribution in [-0.4, -0.2) is 29.8 Å². The van der Waals surface area contributed by atoms with Crippen LogP contribution in [0, 0.1) is 27.7 Å². The molecule has 164 valence electrons. The van der Waals surface area contributed by atoms with Gasteiger partial charge in [-0.2, -0.15) is 0 Å². The van der Waals surface area contributed by atoms with Gasteiger partial charge >= 0.3 is 0 Å². The van der Waals surface area contributed by atoms with Crippen molar-refractivity contribution in [1.29, 1.82) is 0 Å². The largest absolute Gasteiger partial charge is 0.390 e. The number of imidazole rings is 1. The third kappa shape index (κ3) is 4.24. The quantitative estimate of drug-likeness (QED) is 0.466. The Morgan fingerprint density at radius 3 is 2.50 bits per heavy atom. The van der Waals surface area contributed by atoms with Crippen molar-refractivity contribution in [1.82, 2.24) is 24.7 Å². The van der Waals surface area contributed by atoms with Crippen LogP contribution in [0.3, 0.4) is 0 Å². The van der Waals surface area contributed by atoms with Crippen LogP contribution in [0.25, 0.3) is 17.1 Å². The van der Waals surface area contributed by atoms with Gasteiger partial charge in [0.1, 0.15) is 5.69 Å². The van der Waals surface area contributed by atoms with Crippen LogP contribution in [0.4, 0.5) is 5.82 Å². The maximum Gasteiger partial charge on any atom is 0.152 e. The summed E-state index contributed by atoms with van der Waals surface area (Å²) in [6, 6.07) is 12.2. The maximum absolute atomic E-state index is 9.86. The zero-order valence-corrected chi connectivity index (χ0v) is 19.1. The van der Waals surface area contributed by atoms with Crippen molar-refractivity contribution in [2.24, 2.45) is 0 Å². The second-order valence-corrected chi connectivity index (χ2v) is 8.16. The summed E-state index contributed by atoms with van der Waals surface area (Å²) < 4.78 is 1.86. The highest BCUT2D eigenvalue weighted by molar-refractivity contribution is 5.60. The molecule has 0 fully saturated rings. The summed E-state index contributed by atoms with van der Waals surface area (Å²) in [6.07, 6.45) is 3.62. The van der Waals surface area contributed by atoms with Crippen molar-refractivity contribution in [3.05, 3.63) is 82.6 Å². The Morgan fingerprint density at radius 1 is 1.00 bits per heavy atom. The van der Waals surface area contributed by atoms with Gasteiger partial charge in [0.05, 0.1) is 41.7 Å². The molecule has 3 aromatic heterocycles. The number of hydrogen-bond acceptors (Lipinski definition) is 6. The highest BCUT2D eigenvalue weighted by atomic mass is 16.3. The Morgan fingerprint density at radius 2 is 1.81 bits per heavy atom. The zero-order chi connectivity index (χ0) is 22.8. The Hall–Kier alpha value is -3.58. The van der Waals surface area contributed by atoms with E-state index in [0.29, 0.717) is 17.1 Å². The monoisotopic (exact) mass is 428 g/mol. The number of nitrogens with one attached hydrogen (secondary N) is 1. The maximum atomic E-state index is 9.86. The molecule has 1 atom stereocenters. The van der Waals surface area contributed by atoms with Crippen molar-refractivity contribution < 1.29 is 5.11 Å². The number of aryl methyl sites for hydroxylation is 3. The predicted molar refractivity (Wildman–Crippen MR) is 126 cm³/mol. The Kier molecular flexibility index (Phi) is 6.01. The van der Waals surface area contributed by atoms with Crippen LogP contribution >= 0.6 is 0 Å². The fourth-order valence-corrected chi connectivity index (χ4v) is 3.82. The number of anilines is 1. The molecule has 4 rings (SSSR count). The smallest absolute Gasteiger partial charge is 0.152 e. The lowest BCUT2D eigenvalue weighted by atomic mass is 9.98. The Balaban J connectivity index is 1.60. The van der Waals surface area contributed by atoms with E-state index in [-0.39, 0.29) is 12.6 Å². The number of rotatable bonds is 6. The Labute approximate surface area is 188 Å². The van der Waals surface area contributed by atoms with E-state index in [4.69, 9.17) is 0 Å². The summed E-state index contributed by atoms with van der Waals surface area (Å²) in [5.41, 5.74) is 8.36. The van der Waals surface area contributed by atoms with Crippen molar-refractivity contribution >= 4 is 5.82 Å². The summed E-state index contributed by atoms with van der Waals surface area (Å²) in [7, 11) is 0. The van der Waals surface area contributed by atoms with Crippen LogP contribution in [-0.2, 0) is 6.61 Å². The number of aliphatic hydroxyl groups is 1. The predicted octanol–water partition coefficient (Wildman–Crippen LogP) is 4.62. The first-order chi connectivity index (χ1) is 15.4. The minimum Gasteiger partial charge on any atom is -0.390 e. The number of hydrogen-bond donors (Lipinski definition) is 2. The fourth-order valence-electron chi connectivity index (χ4n) is 3.82. The van der Waals surface area contributed by atoms with E-state index >= 15 is 0 Å². The fraction of sp³-hybridized carbons (Fsp3) is 0.280. The summed E-state index contributed by atoms with van der Waals surface area (Å²) >= 11 is 0. The van der Waals surface area contributed by atoms with Gasteiger partial charge in [0.2, 0.25) is 0 Å². The SMILES string of the molecule is Cc1cn(-c2ccc(-c3cc(C)c(N[C@@H](C)c4cccc(C)c4C)nn3)nc2CO)cn1. The lowest BCUT2D eigenvalue weighted by Gasteiger charge is -2.19. The molecule has 0 aliphatic rings. The summed E-state index contributed by atoms with van der Waals surface area (Å²) in [5.74, 6) is 0.745. The lowest BCUT2D eigenvalue weighted by molar-refractivity contribution is 0.276. The topological polar surface area (TPSA) is 88.8 Å². The number of aliphatic hydroxyl groups excluding tert-OH is 1. The summed E-state index contributed by atoms with van der Waals surface area (Å²) in [4.78, 5) is 8.88. The van der Waals surface area contributed by atoms with Crippen LogP contribution in [0.15, 0.2) is 48.9 Å². The standard InChI is InChI=1S/C25H28N6O/c1-15-7-6-8-20(18(15)4)19(5)27-25-16(2)11-22(29-30-25)21-9-10-24(23(13-32)28-21)31-12-17(3)26-14-31/h6-12,14,19,32H,13H2,1-5H3,(H,27,30)/t19-/m0/s1. The zero-order valence-electron chi connectivity index (χ0n) is 19.1. The molecule has 32 heavy (non-hydrogen) atoms. The van der Waals surface area contributed by atoms with Crippen molar-refractivity contribution in [3.8, 4) is 17.1 Å². The van der Waals surface area contributed by atoms with Gasteiger partial charge in [-0.15, -0.1) is 10.2 Å². The van der Waals surface area contributed by atoms with E-state index < -0.39 is 0 Å². The molecule has 1 aromatic carbocycles. The molecule has 0 unspecified atom stereocenters. The number of benzene rings is 1. The minimum atomic E-state index is -0.181. The van der Waals surface area contributed by atoms with Gasteiger partial charge in [-0.3, -0.25) is 0 Å². The van der Waals surface area contributed by atoms with Crippen molar-refractivity contribution in [2.75, 3.05) is 5.32 Å². The summed E-state index contributed by atoms with van der Waals surface area (Å²) in [5, 5.41) is 22.2. The number of pyridine rings is 1. The molecule has 0 radical (unpaired) electrons. The highest BCUT2D eigenvalue weighted by Gasteiger charge is 2.14. The second kappa shape index (κ2) is 8.88. The third-order valence-corrected chi connectivity index (χ3v) is 5.80. The average Bonchev–Trinajstić information content (AvgIpc) is 3.22. The molecule has 0 saturated heterocycles. The third-order valence-electron chi connectivity index (χ3n) is 5.80. The van der Waals surface area contributed by atoms with E-state index in [1.807, 2.05) is 42.8 Å². The van der Waals surface area contributed by atoms with Crippen LogP contribution in [0.5, 0.6) is 0 Å². The molecule has 4 aromatic rings. The van der Waals surface area contributed by atoms with Gasteiger partial charge in [0, 0.05) is 6.20 Å². The van der Waals surface area contributed by atoms with Gasteiger partial charge < -0.3 is 15.0 Å². The summed E-state index contributed by atoms with van der Waals surface area (Å²) in [6.45, 7) is 10.1. The average molecular weight is 429 g/mol. The lowest BCUT2D eigenvalue weighted by Crippen LogP contribution is -2.12. The van der Waals surface area contributed by atoms with Crippen LogP contribution < -0.4 is 5.32 Å². The molecule has 3 heterocycles. The first-order valence-corrected chi connectivity index (χ1v) is 10.7. The number of nitrogens with zero attached hydrogens (tertiary/aromatic N) is 5. The van der Waals surface area contributed by atoms with Gasteiger partial charge in [0.15, 0.2) is 5.82 Å². The molecule has 7 nitrogen and oxygen atoms in total. The highest BCUT2D eigenvalue weighted by Crippen LogP contribution is 2.26. The first kappa shape index (κ1) is 21.6. The molecule has 0 bridgehead atoms. The molecular weight excluding hydrogens is 400 g/mol. The molecule has 0 aliphatic heterocycles. The second-order valence-electron chi connectivity index (χ2n) is 8.16. The van der Waals surface area contributed by atoms with Crippen LogP contribution in [0.1, 0.15) is 46.6 Å². The van der Waals surface area contributed by atoms with E-state index in [1.165, 1.54) is 16.7 Å². The van der Waals surface area contributed by atoms with Gasteiger partial charge in [-0.1, -0.05) is 18.2 Å². The molecular formula is C25H28N6O. The molecule has 0 spiro atoms. The minimum absolute atomic E-state index is 0.103.